The molecule has 11 heteroatoms. The lowest BCUT2D eigenvalue weighted by Crippen LogP contribution is -2.38. The Bertz CT molecular complexity index is 1710. The third-order valence-electron chi connectivity index (χ3n) is 8.48. The minimum atomic E-state index is -0.0591. The van der Waals surface area contributed by atoms with Crippen LogP contribution in [0.1, 0.15) is 36.8 Å². The molecule has 240 valence electrons. The normalized spacial score (nSPS) is 16.8. The van der Waals surface area contributed by atoms with Gasteiger partial charge in [0.05, 0.1) is 41.8 Å². The molecule has 1 amide bonds. The number of carbonyl (C=O) groups excluding carboxylic acids is 1. The smallest absolute Gasteiger partial charge is 0.221 e. The maximum absolute atomic E-state index is 11.5. The van der Waals surface area contributed by atoms with Gasteiger partial charge in [0.25, 0.3) is 0 Å². The zero-order valence-electron chi connectivity index (χ0n) is 25.9. The van der Waals surface area contributed by atoms with Gasteiger partial charge in [-0.3, -0.25) is 15.1 Å². The van der Waals surface area contributed by atoms with Gasteiger partial charge in [0, 0.05) is 78.3 Å². The van der Waals surface area contributed by atoms with E-state index in [2.05, 4.69) is 27.0 Å². The van der Waals surface area contributed by atoms with Crippen molar-refractivity contribution in [1.29, 1.82) is 0 Å². The van der Waals surface area contributed by atoms with Crippen molar-refractivity contribution in [2.75, 3.05) is 27.4 Å². The van der Waals surface area contributed by atoms with Crippen LogP contribution in [0.4, 0.5) is 0 Å². The van der Waals surface area contributed by atoms with E-state index in [0.29, 0.717) is 52.9 Å². The van der Waals surface area contributed by atoms with Gasteiger partial charge in [-0.15, -0.1) is 0 Å². The number of hydrogen-bond acceptors (Lipinski definition) is 8. The van der Waals surface area contributed by atoms with Crippen molar-refractivity contribution in [3.8, 4) is 45.3 Å². The molecule has 2 fully saturated rings. The van der Waals surface area contributed by atoms with Gasteiger partial charge in [0.2, 0.25) is 11.8 Å². The number of pyridine rings is 2. The van der Waals surface area contributed by atoms with E-state index in [4.69, 9.17) is 42.4 Å². The van der Waals surface area contributed by atoms with Crippen molar-refractivity contribution < 1.29 is 19.0 Å². The molecular weight excluding hydrogens is 625 g/mol. The van der Waals surface area contributed by atoms with Gasteiger partial charge in [0.1, 0.15) is 5.75 Å². The lowest BCUT2D eigenvalue weighted by molar-refractivity contribution is -0.119. The van der Waals surface area contributed by atoms with Crippen molar-refractivity contribution in [1.82, 2.24) is 25.9 Å². The molecule has 0 aliphatic carbocycles. The lowest BCUT2D eigenvalue weighted by Gasteiger charge is -2.23. The van der Waals surface area contributed by atoms with Crippen LogP contribution in [0.15, 0.2) is 60.8 Å². The first-order valence-electron chi connectivity index (χ1n) is 15.4. The highest BCUT2D eigenvalue weighted by atomic mass is 35.5. The predicted octanol–water partition coefficient (Wildman–Crippen LogP) is 6.40. The molecule has 2 aliphatic rings. The molecule has 4 aromatic rings. The van der Waals surface area contributed by atoms with Crippen LogP contribution < -0.4 is 25.4 Å². The average Bonchev–Trinajstić information content (AvgIpc) is 3.52. The molecule has 6 rings (SSSR count). The fourth-order valence-electron chi connectivity index (χ4n) is 5.92. The molecule has 0 saturated carbocycles. The van der Waals surface area contributed by atoms with Crippen LogP contribution in [-0.2, 0) is 22.6 Å². The Kier molecular flexibility index (Phi) is 10.4. The Hall–Kier alpha value is -3.73. The van der Waals surface area contributed by atoms with Crippen LogP contribution in [0.2, 0.25) is 10.0 Å². The summed E-state index contributed by atoms with van der Waals surface area (Å²) < 4.78 is 16.9. The van der Waals surface area contributed by atoms with Crippen LogP contribution >= 0.6 is 23.2 Å². The number of ether oxygens (including phenoxy) is 3. The fourth-order valence-corrected chi connectivity index (χ4v) is 6.56. The van der Waals surface area contributed by atoms with Gasteiger partial charge in [-0.1, -0.05) is 59.6 Å². The third-order valence-corrected chi connectivity index (χ3v) is 9.27. The van der Waals surface area contributed by atoms with E-state index in [-0.39, 0.29) is 12.1 Å². The van der Waals surface area contributed by atoms with E-state index in [1.165, 1.54) is 0 Å². The van der Waals surface area contributed by atoms with Crippen LogP contribution in [0, 0.1) is 0 Å². The van der Waals surface area contributed by atoms with Gasteiger partial charge < -0.3 is 24.8 Å². The van der Waals surface area contributed by atoms with Gasteiger partial charge in [-0.05, 0) is 37.5 Å². The first-order chi connectivity index (χ1) is 22.4. The Labute approximate surface area is 279 Å². The molecule has 0 bridgehead atoms. The Morgan fingerprint density at radius 2 is 1.65 bits per heavy atom. The van der Waals surface area contributed by atoms with E-state index < -0.39 is 0 Å². The largest absolute Gasteiger partial charge is 0.496 e. The highest BCUT2D eigenvalue weighted by molar-refractivity contribution is 6.39. The first kappa shape index (κ1) is 32.2. The summed E-state index contributed by atoms with van der Waals surface area (Å²) in [5.41, 5.74) is 6.36. The van der Waals surface area contributed by atoms with E-state index in [9.17, 15) is 4.79 Å². The van der Waals surface area contributed by atoms with Crippen molar-refractivity contribution in [2.45, 2.75) is 51.0 Å². The van der Waals surface area contributed by atoms with E-state index in [1.807, 2.05) is 48.5 Å². The number of benzene rings is 2. The summed E-state index contributed by atoms with van der Waals surface area (Å²) in [5.74, 6) is 1.31. The van der Waals surface area contributed by atoms with Crippen molar-refractivity contribution in [2.24, 2.45) is 0 Å². The number of nitrogens with zero attached hydrogens (tertiary/aromatic N) is 2. The number of amides is 1. The minimum absolute atomic E-state index is 0.0562. The summed E-state index contributed by atoms with van der Waals surface area (Å²) in [6.45, 7) is 2.79. The molecule has 4 heterocycles. The number of nitrogens with one attached hydrogen (secondary N) is 3. The zero-order chi connectivity index (χ0) is 32.0. The molecule has 0 radical (unpaired) electrons. The van der Waals surface area contributed by atoms with Crippen molar-refractivity contribution in [3.63, 3.8) is 0 Å². The highest BCUT2D eigenvalue weighted by Gasteiger charge is 2.22. The molecule has 0 unspecified atom stereocenters. The van der Waals surface area contributed by atoms with Crippen molar-refractivity contribution >= 4 is 29.1 Å². The van der Waals surface area contributed by atoms with Crippen LogP contribution in [0.3, 0.4) is 0 Å². The Balaban J connectivity index is 1.25. The molecule has 1 atom stereocenters. The molecule has 2 aliphatic heterocycles. The van der Waals surface area contributed by atoms with Crippen LogP contribution in [0.5, 0.6) is 11.6 Å². The third kappa shape index (κ3) is 7.14. The second-order valence-corrected chi connectivity index (χ2v) is 12.1. The van der Waals surface area contributed by atoms with Crippen LogP contribution in [0.25, 0.3) is 33.6 Å². The number of halogens is 2. The topological polar surface area (TPSA) is 107 Å². The molecule has 2 aromatic carbocycles. The summed E-state index contributed by atoms with van der Waals surface area (Å²) in [6, 6.07) is 18.0. The number of methoxy groups -OCH3 is 2. The SMILES string of the molecule is COc1cc(-c2nccc(-c3cccc(-c4ccc(CN[C@@H]5CCC(=O)N5)c(OC)n4)c3Cl)c2Cl)ccc1CNC1CCOCC1. The number of aromatic nitrogens is 2. The Morgan fingerprint density at radius 1 is 0.891 bits per heavy atom. The number of carbonyl (C=O) groups is 1. The standard InChI is InChI=1S/C35H37Cl2N5O4/c1-44-29-18-21(6-7-22(29)19-39-24-13-16-46-17-14-24)34-33(37)26(12-15-38-34)25-4-3-5-27(32(25)36)28-9-8-23(35(41-28)45-2)20-40-30-10-11-31(43)42-30/h3-9,12,15,18,24,30,39-40H,10-11,13-14,16-17,19-20H2,1-2H3,(H,42,43)/t30-/m0/s1. The molecule has 3 N–H and O–H groups in total. The predicted molar refractivity (Wildman–Crippen MR) is 180 cm³/mol. The van der Waals surface area contributed by atoms with Gasteiger partial charge in [-0.2, -0.15) is 0 Å². The molecule has 9 nitrogen and oxygen atoms in total. The zero-order valence-corrected chi connectivity index (χ0v) is 27.4. The van der Waals surface area contributed by atoms with Crippen LogP contribution in [-0.4, -0.2) is 55.5 Å². The summed E-state index contributed by atoms with van der Waals surface area (Å²) in [4.78, 5) is 21.0. The number of hydrogen-bond donors (Lipinski definition) is 3. The summed E-state index contributed by atoms with van der Waals surface area (Å²) in [7, 11) is 3.27. The highest BCUT2D eigenvalue weighted by Crippen LogP contribution is 2.42. The molecular formula is C35H37Cl2N5O4. The summed E-state index contributed by atoms with van der Waals surface area (Å²) in [5, 5.41) is 10.9. The second kappa shape index (κ2) is 14.8. The van der Waals surface area contributed by atoms with Crippen molar-refractivity contribution in [3.05, 3.63) is 82.0 Å². The van der Waals surface area contributed by atoms with Gasteiger partial charge >= 0.3 is 0 Å². The Morgan fingerprint density at radius 3 is 2.41 bits per heavy atom. The first-order valence-corrected chi connectivity index (χ1v) is 16.2. The summed E-state index contributed by atoms with van der Waals surface area (Å²) in [6.07, 6.45) is 4.97. The summed E-state index contributed by atoms with van der Waals surface area (Å²) >= 11 is 14.1. The van der Waals surface area contributed by atoms with E-state index >= 15 is 0 Å². The molecule has 46 heavy (non-hydrogen) atoms. The molecule has 2 saturated heterocycles. The maximum Gasteiger partial charge on any atom is 0.221 e. The quantitative estimate of drug-likeness (QED) is 0.170. The fraction of sp³-hybridized carbons (Fsp3) is 0.343. The second-order valence-electron chi connectivity index (χ2n) is 11.4. The van der Waals surface area contributed by atoms with E-state index in [0.717, 1.165) is 71.6 Å². The lowest BCUT2D eigenvalue weighted by atomic mass is 9.99. The van der Waals surface area contributed by atoms with Gasteiger partial charge in [-0.25, -0.2) is 4.98 Å². The van der Waals surface area contributed by atoms with E-state index in [1.54, 1.807) is 20.4 Å². The molecule has 2 aromatic heterocycles. The maximum atomic E-state index is 11.5. The average molecular weight is 663 g/mol. The monoisotopic (exact) mass is 661 g/mol. The minimum Gasteiger partial charge on any atom is -0.496 e. The van der Waals surface area contributed by atoms with Gasteiger partial charge in [0.15, 0.2) is 0 Å². The molecule has 0 spiro atoms. The number of rotatable bonds is 11.